The van der Waals surface area contributed by atoms with Crippen LogP contribution in [0, 0.1) is 0 Å². The molecule has 0 atom stereocenters. The number of rotatable bonds is 10. The lowest BCUT2D eigenvalue weighted by Crippen LogP contribution is -2.21. The van der Waals surface area contributed by atoms with Crippen molar-refractivity contribution in [3.05, 3.63) is 71.9 Å². The number of hydrogen-bond donors (Lipinski definition) is 1. The number of carbonyl (C=O) groups is 2. The molecule has 5 nitrogen and oxygen atoms in total. The standard InChI is InChI=1S/C26H28N2O3/c1-4-28(5-2)22-11-9-21(26(17-22)31-3)10-13-24(30)18-23(29)12-7-19-6-8-20-14-15-27-25(20)16-19/h6-17,27H,4-5,18H2,1-3H3/b12-7+,13-10+. The van der Waals surface area contributed by atoms with Crippen molar-refractivity contribution in [3.63, 3.8) is 0 Å². The van der Waals surface area contributed by atoms with Gasteiger partial charge in [0.25, 0.3) is 0 Å². The van der Waals surface area contributed by atoms with E-state index in [0.29, 0.717) is 5.75 Å². The molecule has 0 saturated carbocycles. The molecule has 2 aromatic carbocycles. The molecular weight excluding hydrogens is 388 g/mol. The Morgan fingerprint density at radius 2 is 1.71 bits per heavy atom. The average molecular weight is 417 g/mol. The fraction of sp³-hybridized carbons (Fsp3) is 0.231. The summed E-state index contributed by atoms with van der Waals surface area (Å²) in [4.78, 5) is 29.8. The number of aromatic nitrogens is 1. The number of ketones is 2. The molecule has 3 rings (SSSR count). The van der Waals surface area contributed by atoms with E-state index in [2.05, 4.69) is 23.7 Å². The van der Waals surface area contributed by atoms with Crippen LogP contribution in [0.4, 0.5) is 5.69 Å². The smallest absolute Gasteiger partial charge is 0.163 e. The number of ether oxygens (including phenoxy) is 1. The average Bonchev–Trinajstić information content (AvgIpc) is 3.25. The van der Waals surface area contributed by atoms with Crippen molar-refractivity contribution in [1.29, 1.82) is 0 Å². The van der Waals surface area contributed by atoms with Gasteiger partial charge in [-0.05, 0) is 67.3 Å². The summed E-state index contributed by atoms with van der Waals surface area (Å²) in [6.45, 7) is 6.02. The van der Waals surface area contributed by atoms with Gasteiger partial charge < -0.3 is 14.6 Å². The van der Waals surface area contributed by atoms with Crippen LogP contribution in [0.15, 0.2) is 60.8 Å². The second kappa shape index (κ2) is 10.4. The van der Waals surface area contributed by atoms with Crippen molar-refractivity contribution in [2.75, 3.05) is 25.1 Å². The summed E-state index contributed by atoms with van der Waals surface area (Å²) in [5, 5.41) is 1.12. The molecule has 0 amide bonds. The van der Waals surface area contributed by atoms with Crippen molar-refractivity contribution in [2.24, 2.45) is 0 Å². The number of carbonyl (C=O) groups excluding carboxylic acids is 2. The fourth-order valence-electron chi connectivity index (χ4n) is 3.45. The van der Waals surface area contributed by atoms with Crippen molar-refractivity contribution >= 4 is 40.3 Å². The highest BCUT2D eigenvalue weighted by Gasteiger charge is 2.08. The highest BCUT2D eigenvalue weighted by atomic mass is 16.5. The quantitative estimate of drug-likeness (QED) is 0.361. The van der Waals surface area contributed by atoms with E-state index in [-0.39, 0.29) is 18.0 Å². The number of anilines is 1. The van der Waals surface area contributed by atoms with Gasteiger partial charge in [0.05, 0.1) is 13.5 Å². The molecule has 0 aliphatic heterocycles. The molecule has 31 heavy (non-hydrogen) atoms. The molecule has 1 aromatic heterocycles. The van der Waals surface area contributed by atoms with E-state index in [1.54, 1.807) is 19.3 Å². The van der Waals surface area contributed by atoms with Crippen LogP contribution in [-0.2, 0) is 9.59 Å². The van der Waals surface area contributed by atoms with E-state index in [0.717, 1.165) is 40.8 Å². The Labute approximate surface area is 183 Å². The van der Waals surface area contributed by atoms with Crippen LogP contribution in [0.2, 0.25) is 0 Å². The van der Waals surface area contributed by atoms with E-state index in [9.17, 15) is 9.59 Å². The molecular formula is C26H28N2O3. The van der Waals surface area contributed by atoms with Gasteiger partial charge in [0.2, 0.25) is 0 Å². The SMILES string of the molecule is CCN(CC)c1ccc(/C=C/C(=O)CC(=O)/C=C/c2ccc3cc[nH]c3c2)c(OC)c1. The zero-order chi connectivity index (χ0) is 22.2. The van der Waals surface area contributed by atoms with E-state index >= 15 is 0 Å². The van der Waals surface area contributed by atoms with Crippen LogP contribution in [0.1, 0.15) is 31.4 Å². The Morgan fingerprint density at radius 3 is 2.42 bits per heavy atom. The first kappa shape index (κ1) is 22.1. The molecule has 5 heteroatoms. The van der Waals surface area contributed by atoms with Crippen molar-refractivity contribution in [2.45, 2.75) is 20.3 Å². The summed E-state index contributed by atoms with van der Waals surface area (Å²) >= 11 is 0. The largest absolute Gasteiger partial charge is 0.496 e. The van der Waals surface area contributed by atoms with Crippen molar-refractivity contribution in [1.82, 2.24) is 4.98 Å². The van der Waals surface area contributed by atoms with E-state index in [1.807, 2.05) is 48.7 Å². The van der Waals surface area contributed by atoms with Gasteiger partial charge in [-0.3, -0.25) is 9.59 Å². The minimum Gasteiger partial charge on any atom is -0.496 e. The summed E-state index contributed by atoms with van der Waals surface area (Å²) in [5.41, 5.74) is 3.79. The number of hydrogen-bond acceptors (Lipinski definition) is 4. The predicted molar refractivity (Wildman–Crippen MR) is 128 cm³/mol. The first-order valence-electron chi connectivity index (χ1n) is 10.5. The number of aromatic amines is 1. The molecule has 0 aliphatic rings. The third-order valence-corrected chi connectivity index (χ3v) is 5.18. The molecule has 0 saturated heterocycles. The van der Waals surface area contributed by atoms with Crippen LogP contribution in [-0.4, -0.2) is 36.7 Å². The number of allylic oxidation sites excluding steroid dienone is 2. The topological polar surface area (TPSA) is 62.4 Å². The molecule has 0 bridgehead atoms. The van der Waals surface area contributed by atoms with Gasteiger partial charge in [0.15, 0.2) is 11.6 Å². The molecule has 0 fully saturated rings. The Morgan fingerprint density at radius 1 is 0.968 bits per heavy atom. The highest BCUT2D eigenvalue weighted by Crippen LogP contribution is 2.26. The van der Waals surface area contributed by atoms with Crippen LogP contribution in [0.25, 0.3) is 23.1 Å². The third kappa shape index (κ3) is 5.72. The fourth-order valence-corrected chi connectivity index (χ4v) is 3.45. The monoisotopic (exact) mass is 416 g/mol. The summed E-state index contributed by atoms with van der Waals surface area (Å²) in [5.74, 6) is 0.216. The summed E-state index contributed by atoms with van der Waals surface area (Å²) in [7, 11) is 1.61. The van der Waals surface area contributed by atoms with E-state index < -0.39 is 0 Å². The van der Waals surface area contributed by atoms with Crippen LogP contribution < -0.4 is 9.64 Å². The van der Waals surface area contributed by atoms with Crippen molar-refractivity contribution < 1.29 is 14.3 Å². The van der Waals surface area contributed by atoms with Gasteiger partial charge in [0.1, 0.15) is 5.75 Å². The summed E-state index contributed by atoms with van der Waals surface area (Å²) < 4.78 is 5.48. The molecule has 1 N–H and O–H groups in total. The normalized spacial score (nSPS) is 11.5. The minimum atomic E-state index is -0.246. The number of H-pyrrole nitrogens is 1. The van der Waals surface area contributed by atoms with Crippen LogP contribution in [0.5, 0.6) is 5.75 Å². The molecule has 0 radical (unpaired) electrons. The Kier molecular flexibility index (Phi) is 7.44. The maximum atomic E-state index is 12.3. The molecule has 3 aromatic rings. The number of fused-ring (bicyclic) bond motifs is 1. The molecule has 160 valence electrons. The second-order valence-corrected chi connectivity index (χ2v) is 7.20. The lowest BCUT2D eigenvalue weighted by Gasteiger charge is -2.22. The Balaban J connectivity index is 1.62. The first-order valence-corrected chi connectivity index (χ1v) is 10.5. The van der Waals surface area contributed by atoms with Crippen molar-refractivity contribution in [3.8, 4) is 5.75 Å². The number of benzene rings is 2. The van der Waals surface area contributed by atoms with Crippen LogP contribution in [0.3, 0.4) is 0 Å². The predicted octanol–water partition coefficient (Wildman–Crippen LogP) is 5.28. The molecule has 0 spiro atoms. The highest BCUT2D eigenvalue weighted by molar-refractivity contribution is 6.11. The van der Waals surface area contributed by atoms with E-state index in [4.69, 9.17) is 4.74 Å². The summed E-state index contributed by atoms with van der Waals surface area (Å²) in [6.07, 6.45) is 8.02. The Bertz CT molecular complexity index is 1120. The first-order chi connectivity index (χ1) is 15.0. The van der Waals surface area contributed by atoms with Gasteiger partial charge in [-0.15, -0.1) is 0 Å². The minimum absolute atomic E-state index is 0.169. The second-order valence-electron chi connectivity index (χ2n) is 7.20. The maximum absolute atomic E-state index is 12.3. The lowest BCUT2D eigenvalue weighted by atomic mass is 10.1. The number of methoxy groups -OCH3 is 1. The lowest BCUT2D eigenvalue weighted by molar-refractivity contribution is -0.121. The number of nitrogens with one attached hydrogen (secondary N) is 1. The van der Waals surface area contributed by atoms with Gasteiger partial charge in [-0.2, -0.15) is 0 Å². The zero-order valence-electron chi connectivity index (χ0n) is 18.2. The van der Waals surface area contributed by atoms with Crippen LogP contribution >= 0.6 is 0 Å². The summed E-state index contributed by atoms with van der Waals surface area (Å²) in [6, 6.07) is 13.8. The molecule has 1 heterocycles. The molecule has 0 unspecified atom stereocenters. The zero-order valence-corrected chi connectivity index (χ0v) is 18.2. The number of nitrogens with zero attached hydrogens (tertiary/aromatic N) is 1. The van der Waals surface area contributed by atoms with E-state index in [1.165, 1.54) is 12.2 Å². The molecule has 0 aliphatic carbocycles. The Hall–Kier alpha value is -3.60. The van der Waals surface area contributed by atoms with Gasteiger partial charge in [-0.1, -0.05) is 18.2 Å². The van der Waals surface area contributed by atoms with Gasteiger partial charge in [0, 0.05) is 42.1 Å². The van der Waals surface area contributed by atoms with Gasteiger partial charge >= 0.3 is 0 Å². The van der Waals surface area contributed by atoms with Gasteiger partial charge in [-0.25, -0.2) is 0 Å². The third-order valence-electron chi connectivity index (χ3n) is 5.18. The maximum Gasteiger partial charge on any atom is 0.163 e.